The zero-order chi connectivity index (χ0) is 30.2. The number of fused-ring (bicyclic) bond motifs is 9. The van der Waals surface area contributed by atoms with E-state index in [9.17, 15) is 19.5 Å². The van der Waals surface area contributed by atoms with Crippen LogP contribution >= 0.6 is 58.5 Å². The molecular formula is C30H26Cl2N2O6S3. The molecule has 2 amide bonds. The van der Waals surface area contributed by atoms with Crippen LogP contribution in [0.4, 0.5) is 0 Å². The summed E-state index contributed by atoms with van der Waals surface area (Å²) < 4.78 is 12.6. The summed E-state index contributed by atoms with van der Waals surface area (Å²) >= 11 is 21.2. The number of imide groups is 1. The lowest BCUT2D eigenvalue weighted by Crippen LogP contribution is -2.42. The zero-order valence-corrected chi connectivity index (χ0v) is 26.7. The Morgan fingerprint density at radius 2 is 1.88 bits per heavy atom. The normalized spacial score (nSPS) is 28.5. The quantitative estimate of drug-likeness (QED) is 0.202. The first-order valence-corrected chi connectivity index (χ1v) is 16.7. The van der Waals surface area contributed by atoms with Crippen molar-refractivity contribution in [1.82, 2.24) is 9.88 Å². The van der Waals surface area contributed by atoms with E-state index in [0.29, 0.717) is 25.5 Å². The van der Waals surface area contributed by atoms with Crippen LogP contribution in [0.15, 0.2) is 41.4 Å². The predicted molar refractivity (Wildman–Crippen MR) is 166 cm³/mol. The molecule has 8 nitrogen and oxygen atoms in total. The van der Waals surface area contributed by atoms with Crippen LogP contribution in [0.2, 0.25) is 10.0 Å². The summed E-state index contributed by atoms with van der Waals surface area (Å²) in [6, 6.07) is 11.2. The van der Waals surface area contributed by atoms with Gasteiger partial charge < -0.3 is 19.6 Å². The predicted octanol–water partition coefficient (Wildman–Crippen LogP) is 6.65. The molecule has 43 heavy (non-hydrogen) atoms. The fourth-order valence-corrected chi connectivity index (χ4v) is 11.5. The molecule has 3 fully saturated rings. The van der Waals surface area contributed by atoms with Crippen molar-refractivity contribution in [3.05, 3.63) is 66.4 Å². The number of methoxy groups -OCH3 is 1. The second-order valence-electron chi connectivity index (χ2n) is 11.4. The molecule has 4 aliphatic rings. The van der Waals surface area contributed by atoms with Gasteiger partial charge in [-0.3, -0.25) is 19.3 Å². The summed E-state index contributed by atoms with van der Waals surface area (Å²) in [5.74, 6) is -1.05. The largest absolute Gasteiger partial charge is 0.493 e. The second kappa shape index (κ2) is 11.1. The van der Waals surface area contributed by atoms with Gasteiger partial charge in [0.05, 0.1) is 30.4 Å². The summed E-state index contributed by atoms with van der Waals surface area (Å²) in [6.07, 6.45) is 0.553. The molecule has 2 aliphatic heterocycles. The number of rotatable bonds is 8. The molecule has 2 bridgehead atoms. The number of amides is 2. The number of halogens is 2. The molecular weight excluding hydrogens is 651 g/mol. The number of hydrogen-bond acceptors (Lipinski definition) is 8. The first-order valence-electron chi connectivity index (χ1n) is 13.9. The molecule has 0 spiro atoms. The van der Waals surface area contributed by atoms with Gasteiger partial charge in [-0.1, -0.05) is 35.3 Å². The molecule has 0 radical (unpaired) electrons. The minimum atomic E-state index is -1.03. The number of thioether (sulfide) groups is 1. The topological polar surface area (TPSA) is 109 Å². The molecule has 2 aliphatic carbocycles. The van der Waals surface area contributed by atoms with Gasteiger partial charge >= 0.3 is 5.97 Å². The fraction of sp³-hybridized carbons (Fsp3) is 0.400. The molecule has 7 atom stereocenters. The van der Waals surface area contributed by atoms with Crippen LogP contribution in [0.5, 0.6) is 11.5 Å². The van der Waals surface area contributed by atoms with E-state index in [1.165, 1.54) is 4.90 Å². The maximum absolute atomic E-state index is 13.6. The molecule has 1 aromatic heterocycles. The van der Waals surface area contributed by atoms with Gasteiger partial charge in [0.1, 0.15) is 6.61 Å². The minimum absolute atomic E-state index is 0.00145. The highest BCUT2D eigenvalue weighted by Crippen LogP contribution is 2.69. The highest BCUT2D eigenvalue weighted by molar-refractivity contribution is 8.00. The molecule has 13 heteroatoms. The van der Waals surface area contributed by atoms with Gasteiger partial charge in [-0.15, -0.1) is 23.1 Å². The van der Waals surface area contributed by atoms with Crippen LogP contribution in [0.25, 0.3) is 0 Å². The second-order valence-corrected chi connectivity index (χ2v) is 15.1. The standard InChI is InChI=1S/C30H26Cl2N2O6S3/c1-39-19-8-12(3-5-18(19)40-11-13-2-4-14(31)9-17(13)32)21-22-15-10-16(25(22)42-27-26(21)43-30(41)33-27)24-23(15)28(37)34(29(24)38)7-6-20(35)36/h2-5,8-9,15-16,21-25H,6-7,10-11H2,1H3,(H,33,41)(H,35,36). The zero-order valence-electron chi connectivity index (χ0n) is 22.8. The van der Waals surface area contributed by atoms with Crippen molar-refractivity contribution < 1.29 is 29.0 Å². The number of nitrogens with one attached hydrogen (secondary N) is 1. The number of thiazole rings is 1. The van der Waals surface area contributed by atoms with E-state index in [2.05, 4.69) is 4.98 Å². The number of aromatic amines is 1. The Hall–Kier alpha value is -2.57. The van der Waals surface area contributed by atoms with E-state index < -0.39 is 17.8 Å². The lowest BCUT2D eigenvalue weighted by Gasteiger charge is -2.43. The van der Waals surface area contributed by atoms with Crippen LogP contribution in [-0.4, -0.2) is 51.7 Å². The van der Waals surface area contributed by atoms with Gasteiger partial charge in [0.25, 0.3) is 0 Å². The van der Waals surface area contributed by atoms with Crippen LogP contribution < -0.4 is 9.47 Å². The third-order valence-corrected chi connectivity index (χ3v) is 12.8. The number of benzene rings is 2. The van der Waals surface area contributed by atoms with Crippen LogP contribution in [0.3, 0.4) is 0 Å². The Bertz CT molecular complexity index is 1730. The summed E-state index contributed by atoms with van der Waals surface area (Å²) in [5, 5.41) is 11.4. The number of H-pyrrole nitrogens is 1. The summed E-state index contributed by atoms with van der Waals surface area (Å²) in [6.45, 7) is 0.160. The van der Waals surface area contributed by atoms with Gasteiger partial charge in [0, 0.05) is 38.2 Å². The number of likely N-dealkylation sites (tertiary alicyclic amines) is 1. The van der Waals surface area contributed by atoms with Crippen molar-refractivity contribution in [2.75, 3.05) is 13.7 Å². The van der Waals surface area contributed by atoms with Gasteiger partial charge in [0.15, 0.2) is 15.5 Å². The van der Waals surface area contributed by atoms with Crippen LogP contribution in [0.1, 0.15) is 34.8 Å². The summed E-state index contributed by atoms with van der Waals surface area (Å²) in [4.78, 5) is 43.9. The maximum atomic E-state index is 13.6. The number of ether oxygens (including phenoxy) is 2. The Morgan fingerprint density at radius 1 is 1.12 bits per heavy atom. The number of hydrogen-bond donors (Lipinski definition) is 2. The Morgan fingerprint density at radius 3 is 2.60 bits per heavy atom. The van der Waals surface area contributed by atoms with Crippen LogP contribution in [-0.2, 0) is 21.0 Å². The summed E-state index contributed by atoms with van der Waals surface area (Å²) in [7, 11) is 1.60. The Balaban J connectivity index is 1.22. The van der Waals surface area contributed by atoms with Crippen molar-refractivity contribution in [2.24, 2.45) is 29.6 Å². The third-order valence-electron chi connectivity index (χ3n) is 9.31. The Kier molecular flexibility index (Phi) is 7.53. The smallest absolute Gasteiger partial charge is 0.305 e. The Labute approximate surface area is 270 Å². The van der Waals surface area contributed by atoms with E-state index in [1.54, 1.807) is 42.3 Å². The average molecular weight is 678 g/mol. The van der Waals surface area contributed by atoms with Crippen molar-refractivity contribution in [1.29, 1.82) is 0 Å². The van der Waals surface area contributed by atoms with Crippen molar-refractivity contribution in [2.45, 2.75) is 35.6 Å². The molecule has 7 rings (SSSR count). The molecule has 3 heterocycles. The van der Waals surface area contributed by atoms with Crippen LogP contribution in [0, 0.1) is 33.5 Å². The number of nitrogens with zero attached hydrogens (tertiary/aromatic N) is 1. The lowest BCUT2D eigenvalue weighted by molar-refractivity contribution is -0.142. The average Bonchev–Trinajstić information content (AvgIpc) is 3.70. The highest BCUT2D eigenvalue weighted by atomic mass is 35.5. The third kappa shape index (κ3) is 4.79. The van der Waals surface area contributed by atoms with Gasteiger partial charge in [0.2, 0.25) is 11.8 Å². The maximum Gasteiger partial charge on any atom is 0.305 e. The van der Waals surface area contributed by atoms with Crippen molar-refractivity contribution >= 4 is 76.3 Å². The molecule has 3 aromatic rings. The first-order chi connectivity index (χ1) is 20.7. The number of carbonyl (C=O) groups excluding carboxylic acids is 2. The minimum Gasteiger partial charge on any atom is -0.493 e. The van der Waals surface area contributed by atoms with Gasteiger partial charge in [-0.05, 0) is 66.2 Å². The van der Waals surface area contributed by atoms with E-state index >= 15 is 0 Å². The van der Waals surface area contributed by atoms with E-state index in [4.69, 9.17) is 44.9 Å². The van der Waals surface area contributed by atoms with Gasteiger partial charge in [-0.25, -0.2) is 0 Å². The fourth-order valence-electron chi connectivity index (χ4n) is 7.67. The van der Waals surface area contributed by atoms with E-state index in [-0.39, 0.29) is 60.3 Å². The van der Waals surface area contributed by atoms with E-state index in [1.807, 2.05) is 24.3 Å². The van der Waals surface area contributed by atoms with Crippen molar-refractivity contribution in [3.8, 4) is 11.5 Å². The number of aromatic nitrogens is 1. The number of carboxylic acids is 1. The monoisotopic (exact) mass is 676 g/mol. The SMILES string of the molecule is COc1cc(C2c3sc(=S)[nH]c3SC3C4CC(C5C(=O)N(CCC(=O)O)C(=O)C45)C23)ccc1OCc1ccc(Cl)cc1Cl. The molecule has 2 aromatic carbocycles. The highest BCUT2D eigenvalue weighted by Gasteiger charge is 2.69. The first kappa shape index (κ1) is 29.2. The number of carbonyl (C=O) groups is 3. The van der Waals surface area contributed by atoms with Gasteiger partial charge in [-0.2, -0.15) is 0 Å². The summed E-state index contributed by atoms with van der Waals surface area (Å²) in [5.41, 5.74) is 1.82. The number of aliphatic carboxylic acids is 1. The molecule has 7 unspecified atom stereocenters. The molecule has 2 saturated carbocycles. The molecule has 2 N–H and O–H groups in total. The lowest BCUT2D eigenvalue weighted by atomic mass is 9.68. The molecule has 1 saturated heterocycles. The van der Waals surface area contributed by atoms with Crippen molar-refractivity contribution in [3.63, 3.8) is 0 Å². The number of carboxylic acid groups (broad SMARTS) is 1. The molecule has 224 valence electrons. The van der Waals surface area contributed by atoms with E-state index in [0.717, 1.165) is 27.5 Å².